The molecule has 0 amide bonds. The van der Waals surface area contributed by atoms with Crippen molar-refractivity contribution in [2.45, 2.75) is 39.0 Å². The van der Waals surface area contributed by atoms with Crippen LogP contribution in [0.1, 0.15) is 48.5 Å². The minimum absolute atomic E-state index is 0.0967. The summed E-state index contributed by atoms with van der Waals surface area (Å²) in [4.78, 5) is 10.9. The normalized spacial score (nSPS) is 17.9. The van der Waals surface area contributed by atoms with Crippen LogP contribution in [0, 0.1) is 5.41 Å². The molecule has 0 spiro atoms. The van der Waals surface area contributed by atoms with Gasteiger partial charge in [0.1, 0.15) is 0 Å². The van der Waals surface area contributed by atoms with Crippen LogP contribution < -0.4 is 0 Å². The van der Waals surface area contributed by atoms with Gasteiger partial charge in [-0.2, -0.15) is 0 Å². The van der Waals surface area contributed by atoms with Crippen molar-refractivity contribution in [1.82, 2.24) is 0 Å². The number of carboxylic acids is 1. The van der Waals surface area contributed by atoms with Crippen LogP contribution in [-0.4, -0.2) is 16.4 Å². The molecule has 0 bridgehead atoms. The molecular formula is C17H20O2S. The molecule has 1 aliphatic carbocycles. The van der Waals surface area contributed by atoms with Gasteiger partial charge in [-0.15, -0.1) is 0 Å². The lowest BCUT2D eigenvalue weighted by Crippen LogP contribution is -2.24. The summed E-state index contributed by atoms with van der Waals surface area (Å²) in [6.07, 6.45) is 7.94. The highest BCUT2D eigenvalue weighted by molar-refractivity contribution is 7.79. The van der Waals surface area contributed by atoms with Crippen molar-refractivity contribution in [3.8, 4) is 0 Å². The second-order valence-electron chi connectivity index (χ2n) is 5.69. The quantitative estimate of drug-likeness (QED) is 0.643. The number of hydrogen-bond donors (Lipinski definition) is 1. The van der Waals surface area contributed by atoms with E-state index >= 15 is 0 Å². The molecule has 1 unspecified atom stereocenters. The fourth-order valence-corrected chi connectivity index (χ4v) is 3.01. The van der Waals surface area contributed by atoms with Crippen molar-refractivity contribution >= 4 is 23.6 Å². The summed E-state index contributed by atoms with van der Waals surface area (Å²) in [5.74, 6) is -0.885. The van der Waals surface area contributed by atoms with Crippen molar-refractivity contribution in [3.63, 3.8) is 0 Å². The summed E-state index contributed by atoms with van der Waals surface area (Å²) >= 11 is 5.27. The SMILES string of the molecule is CC(C=S)(Cc1ccc(C(=O)O)cc1)C1=CCCCC1. The van der Waals surface area contributed by atoms with E-state index in [2.05, 4.69) is 13.0 Å². The molecule has 0 aromatic heterocycles. The average molecular weight is 288 g/mol. The van der Waals surface area contributed by atoms with E-state index < -0.39 is 5.97 Å². The summed E-state index contributed by atoms with van der Waals surface area (Å²) in [6.45, 7) is 2.18. The van der Waals surface area contributed by atoms with Gasteiger partial charge < -0.3 is 5.11 Å². The number of allylic oxidation sites excluding steroid dienone is 2. The first-order valence-corrected chi connectivity index (χ1v) is 7.50. The topological polar surface area (TPSA) is 37.3 Å². The second-order valence-corrected chi connectivity index (χ2v) is 5.93. The summed E-state index contributed by atoms with van der Waals surface area (Å²) in [7, 11) is 0. The maximum atomic E-state index is 10.9. The lowest BCUT2D eigenvalue weighted by Gasteiger charge is -2.31. The largest absolute Gasteiger partial charge is 0.478 e. The zero-order valence-corrected chi connectivity index (χ0v) is 12.6. The van der Waals surface area contributed by atoms with Gasteiger partial charge in [0.2, 0.25) is 0 Å². The molecule has 0 aliphatic heterocycles. The first-order valence-electron chi connectivity index (χ1n) is 7.03. The van der Waals surface area contributed by atoms with Gasteiger partial charge in [0.05, 0.1) is 5.56 Å². The smallest absolute Gasteiger partial charge is 0.335 e. The van der Waals surface area contributed by atoms with Crippen LogP contribution >= 0.6 is 12.2 Å². The number of aromatic carboxylic acids is 1. The molecule has 1 N–H and O–H groups in total. The van der Waals surface area contributed by atoms with E-state index in [-0.39, 0.29) is 5.41 Å². The third-order valence-electron chi connectivity index (χ3n) is 4.06. The Morgan fingerprint density at radius 1 is 1.35 bits per heavy atom. The standard InChI is InChI=1S/C17H20O2S/c1-17(12-20,15-5-3-2-4-6-15)11-13-7-9-14(10-8-13)16(18)19/h5,7-10,12H,2-4,6,11H2,1H3,(H,18,19). The first-order chi connectivity index (χ1) is 9.55. The van der Waals surface area contributed by atoms with Crippen molar-refractivity contribution in [2.24, 2.45) is 5.41 Å². The molecular weight excluding hydrogens is 268 g/mol. The molecule has 0 radical (unpaired) electrons. The van der Waals surface area contributed by atoms with Gasteiger partial charge in [-0.1, -0.05) is 42.9 Å². The van der Waals surface area contributed by atoms with Crippen molar-refractivity contribution < 1.29 is 9.90 Å². The van der Waals surface area contributed by atoms with Crippen LogP contribution in [-0.2, 0) is 6.42 Å². The van der Waals surface area contributed by atoms with Gasteiger partial charge in [0.25, 0.3) is 0 Å². The Balaban J connectivity index is 2.18. The maximum absolute atomic E-state index is 10.9. The van der Waals surface area contributed by atoms with Crippen LogP contribution in [0.3, 0.4) is 0 Å². The van der Waals surface area contributed by atoms with Crippen LogP contribution in [0.5, 0.6) is 0 Å². The minimum Gasteiger partial charge on any atom is -0.478 e. The number of rotatable bonds is 5. The molecule has 0 heterocycles. The molecule has 0 fully saturated rings. The first kappa shape index (κ1) is 14.9. The van der Waals surface area contributed by atoms with E-state index in [1.807, 2.05) is 17.5 Å². The van der Waals surface area contributed by atoms with Crippen LogP contribution in [0.2, 0.25) is 0 Å². The molecule has 2 nitrogen and oxygen atoms in total. The monoisotopic (exact) mass is 288 g/mol. The molecule has 2 rings (SSSR count). The second kappa shape index (κ2) is 6.31. The zero-order chi connectivity index (χ0) is 14.6. The zero-order valence-electron chi connectivity index (χ0n) is 11.8. The number of hydrogen-bond acceptors (Lipinski definition) is 2. The Hall–Kier alpha value is -1.48. The molecule has 0 saturated heterocycles. The Labute approximate surface area is 125 Å². The third kappa shape index (κ3) is 3.34. The average Bonchev–Trinajstić information content (AvgIpc) is 2.48. The van der Waals surface area contributed by atoms with Gasteiger partial charge in [-0.05, 0) is 55.2 Å². The van der Waals surface area contributed by atoms with Gasteiger partial charge in [-0.3, -0.25) is 0 Å². The van der Waals surface area contributed by atoms with Crippen molar-refractivity contribution in [3.05, 3.63) is 47.0 Å². The van der Waals surface area contributed by atoms with E-state index in [0.29, 0.717) is 5.56 Å². The number of carbonyl (C=O) groups is 1. The third-order valence-corrected chi connectivity index (χ3v) is 4.58. The molecule has 3 heteroatoms. The van der Waals surface area contributed by atoms with E-state index in [9.17, 15) is 4.79 Å². The van der Waals surface area contributed by atoms with Crippen LogP contribution in [0.15, 0.2) is 35.9 Å². The Morgan fingerprint density at radius 2 is 2.05 bits per heavy atom. The number of carboxylic acid groups (broad SMARTS) is 1. The molecule has 1 atom stereocenters. The molecule has 1 aromatic rings. The molecule has 0 saturated carbocycles. The van der Waals surface area contributed by atoms with Crippen LogP contribution in [0.4, 0.5) is 0 Å². The van der Waals surface area contributed by atoms with E-state index in [4.69, 9.17) is 17.3 Å². The summed E-state index contributed by atoms with van der Waals surface area (Å²) in [5.41, 5.74) is 2.79. The Kier molecular flexibility index (Phi) is 4.71. The number of thiocarbonyl (C=S) groups is 1. The number of benzene rings is 1. The summed E-state index contributed by atoms with van der Waals surface area (Å²) in [6, 6.07) is 7.11. The van der Waals surface area contributed by atoms with Crippen molar-refractivity contribution in [1.29, 1.82) is 0 Å². The van der Waals surface area contributed by atoms with E-state index in [1.54, 1.807) is 12.1 Å². The molecule has 106 valence electrons. The van der Waals surface area contributed by atoms with Gasteiger partial charge in [-0.25, -0.2) is 4.79 Å². The predicted octanol–water partition coefficient (Wildman–Crippen LogP) is 4.43. The lowest BCUT2D eigenvalue weighted by atomic mass is 9.74. The highest BCUT2D eigenvalue weighted by atomic mass is 32.1. The molecule has 1 aliphatic rings. The highest BCUT2D eigenvalue weighted by Gasteiger charge is 2.27. The summed E-state index contributed by atoms with van der Waals surface area (Å²) in [5, 5.41) is 10.8. The Morgan fingerprint density at radius 3 is 2.55 bits per heavy atom. The lowest BCUT2D eigenvalue weighted by molar-refractivity contribution is 0.0697. The molecule has 1 aromatic carbocycles. The van der Waals surface area contributed by atoms with E-state index in [1.165, 1.54) is 18.4 Å². The fraction of sp³-hybridized carbons (Fsp3) is 0.412. The maximum Gasteiger partial charge on any atom is 0.335 e. The fourth-order valence-electron chi connectivity index (χ4n) is 2.78. The minimum atomic E-state index is -0.885. The summed E-state index contributed by atoms with van der Waals surface area (Å²) < 4.78 is 0. The predicted molar refractivity (Wildman–Crippen MR) is 85.4 cm³/mol. The van der Waals surface area contributed by atoms with Gasteiger partial charge in [0, 0.05) is 5.41 Å². The molecule has 20 heavy (non-hydrogen) atoms. The van der Waals surface area contributed by atoms with Crippen LogP contribution in [0.25, 0.3) is 0 Å². The Bertz CT molecular complexity index is 530. The highest BCUT2D eigenvalue weighted by Crippen LogP contribution is 2.36. The van der Waals surface area contributed by atoms with E-state index in [0.717, 1.165) is 24.8 Å². The van der Waals surface area contributed by atoms with Crippen molar-refractivity contribution in [2.75, 3.05) is 0 Å². The van der Waals surface area contributed by atoms with Gasteiger partial charge >= 0.3 is 5.97 Å². The van der Waals surface area contributed by atoms with Gasteiger partial charge in [0.15, 0.2) is 0 Å².